The van der Waals surface area contributed by atoms with E-state index in [-0.39, 0.29) is 0 Å². The van der Waals surface area contributed by atoms with Crippen molar-refractivity contribution in [3.05, 3.63) is 47.3 Å². The van der Waals surface area contributed by atoms with E-state index in [9.17, 15) is 13.2 Å². The molecule has 0 amide bonds. The second kappa shape index (κ2) is 5.73. The molecular formula is C12H11BrF3N3. The van der Waals surface area contributed by atoms with Crippen LogP contribution in [-0.4, -0.2) is 20.3 Å². The molecule has 0 aliphatic heterocycles. The van der Waals surface area contributed by atoms with Gasteiger partial charge >= 0.3 is 6.18 Å². The van der Waals surface area contributed by atoms with Gasteiger partial charge in [-0.05, 0) is 17.7 Å². The number of aromatic nitrogens is 3. The molecule has 0 saturated heterocycles. The first kappa shape index (κ1) is 14.0. The van der Waals surface area contributed by atoms with Crippen LogP contribution in [0.1, 0.15) is 16.8 Å². The lowest BCUT2D eigenvalue weighted by Gasteiger charge is -2.07. The third-order valence-corrected chi connectivity index (χ3v) is 2.96. The van der Waals surface area contributed by atoms with Gasteiger partial charge < -0.3 is 0 Å². The van der Waals surface area contributed by atoms with Crippen LogP contribution >= 0.6 is 15.9 Å². The molecule has 0 radical (unpaired) electrons. The minimum Gasteiger partial charge on any atom is -0.248 e. The Balaban J connectivity index is 2.06. The van der Waals surface area contributed by atoms with Gasteiger partial charge in [-0.2, -0.15) is 13.2 Å². The fraction of sp³-hybridized carbons (Fsp3) is 0.333. The fourth-order valence-corrected chi connectivity index (χ4v) is 2.02. The smallest absolute Gasteiger partial charge is 0.248 e. The van der Waals surface area contributed by atoms with Gasteiger partial charge in [0.1, 0.15) is 0 Å². The summed E-state index contributed by atoms with van der Waals surface area (Å²) in [5.41, 5.74) is 0.960. The Morgan fingerprint density at radius 1 is 1.16 bits per heavy atom. The minimum atomic E-state index is -4.30. The van der Waals surface area contributed by atoms with E-state index in [0.717, 1.165) is 35.1 Å². The summed E-state index contributed by atoms with van der Waals surface area (Å²) in [7, 11) is 0. The Hall–Kier alpha value is -1.37. The molecule has 0 aliphatic rings. The van der Waals surface area contributed by atoms with Gasteiger partial charge in [0.05, 0.1) is 17.8 Å². The fourth-order valence-electron chi connectivity index (χ4n) is 1.61. The second-order valence-electron chi connectivity index (χ2n) is 4.04. The van der Waals surface area contributed by atoms with Crippen LogP contribution in [0.5, 0.6) is 0 Å². The van der Waals surface area contributed by atoms with Crippen LogP contribution < -0.4 is 0 Å². The SMILES string of the molecule is FC(F)(F)c1ccc(Cn2cc(CCBr)nn2)cc1. The van der Waals surface area contributed by atoms with Crippen LogP contribution in [0, 0.1) is 0 Å². The number of benzene rings is 1. The molecule has 0 N–H and O–H groups in total. The van der Waals surface area contributed by atoms with Crippen molar-refractivity contribution in [3.8, 4) is 0 Å². The lowest BCUT2D eigenvalue weighted by molar-refractivity contribution is -0.137. The van der Waals surface area contributed by atoms with Crippen molar-refractivity contribution in [3.63, 3.8) is 0 Å². The summed E-state index contributed by atoms with van der Waals surface area (Å²) in [5, 5.41) is 8.68. The molecule has 0 saturated carbocycles. The van der Waals surface area contributed by atoms with Crippen molar-refractivity contribution in [1.82, 2.24) is 15.0 Å². The summed E-state index contributed by atoms with van der Waals surface area (Å²) in [4.78, 5) is 0. The van der Waals surface area contributed by atoms with Crippen molar-refractivity contribution < 1.29 is 13.2 Å². The number of hydrogen-bond acceptors (Lipinski definition) is 2. The minimum absolute atomic E-state index is 0.410. The van der Waals surface area contributed by atoms with E-state index in [1.165, 1.54) is 12.1 Å². The van der Waals surface area contributed by atoms with Crippen LogP contribution in [-0.2, 0) is 19.1 Å². The first-order valence-corrected chi connectivity index (χ1v) is 6.72. The summed E-state index contributed by atoms with van der Waals surface area (Å²) in [5.74, 6) is 0. The molecule has 3 nitrogen and oxygen atoms in total. The van der Waals surface area contributed by atoms with Gasteiger partial charge in [0, 0.05) is 17.9 Å². The van der Waals surface area contributed by atoms with E-state index in [1.54, 1.807) is 10.9 Å². The number of hydrogen-bond donors (Lipinski definition) is 0. The van der Waals surface area contributed by atoms with Crippen LogP contribution in [0.4, 0.5) is 13.2 Å². The molecule has 1 aromatic carbocycles. The molecule has 2 aromatic rings. The highest BCUT2D eigenvalue weighted by molar-refractivity contribution is 9.09. The third-order valence-electron chi connectivity index (χ3n) is 2.56. The highest BCUT2D eigenvalue weighted by Crippen LogP contribution is 2.29. The van der Waals surface area contributed by atoms with E-state index in [2.05, 4.69) is 26.2 Å². The van der Waals surface area contributed by atoms with E-state index in [0.29, 0.717) is 6.54 Å². The Morgan fingerprint density at radius 3 is 2.42 bits per heavy atom. The van der Waals surface area contributed by atoms with E-state index in [4.69, 9.17) is 0 Å². The third kappa shape index (κ3) is 3.79. The average Bonchev–Trinajstić information content (AvgIpc) is 2.77. The summed E-state index contributed by atoms with van der Waals surface area (Å²) < 4.78 is 38.8. The maximum atomic E-state index is 12.4. The Bertz CT molecular complexity index is 534. The van der Waals surface area contributed by atoms with Gasteiger partial charge in [-0.1, -0.05) is 33.3 Å². The van der Waals surface area contributed by atoms with Crippen molar-refractivity contribution in [2.45, 2.75) is 19.1 Å². The molecule has 0 bridgehead atoms. The lowest BCUT2D eigenvalue weighted by Crippen LogP contribution is -2.05. The van der Waals surface area contributed by atoms with Crippen molar-refractivity contribution in [1.29, 1.82) is 0 Å². The number of halogens is 4. The molecule has 0 fully saturated rings. The molecule has 1 aromatic heterocycles. The predicted octanol–water partition coefficient (Wildman–Crippen LogP) is 3.28. The van der Waals surface area contributed by atoms with Crippen LogP contribution in [0.15, 0.2) is 30.5 Å². The monoisotopic (exact) mass is 333 g/mol. The van der Waals surface area contributed by atoms with E-state index in [1.807, 2.05) is 0 Å². The molecule has 102 valence electrons. The first-order chi connectivity index (χ1) is 8.99. The van der Waals surface area contributed by atoms with Gasteiger partial charge in [-0.3, -0.25) is 0 Å². The Kier molecular flexibility index (Phi) is 4.24. The van der Waals surface area contributed by atoms with Gasteiger partial charge in [0.2, 0.25) is 0 Å². The number of rotatable bonds is 4. The number of aryl methyl sites for hydroxylation is 1. The zero-order valence-corrected chi connectivity index (χ0v) is 11.4. The molecule has 7 heteroatoms. The average molecular weight is 334 g/mol. The molecule has 0 unspecified atom stereocenters. The van der Waals surface area contributed by atoms with Gasteiger partial charge in [-0.25, -0.2) is 4.68 Å². The number of alkyl halides is 4. The standard InChI is InChI=1S/C12H11BrF3N3/c13-6-5-11-8-19(18-17-11)7-9-1-3-10(4-2-9)12(14,15)16/h1-4,8H,5-7H2. The van der Waals surface area contributed by atoms with E-state index >= 15 is 0 Å². The largest absolute Gasteiger partial charge is 0.416 e. The molecule has 2 rings (SSSR count). The summed E-state index contributed by atoms with van der Waals surface area (Å²) in [6, 6.07) is 5.06. The first-order valence-electron chi connectivity index (χ1n) is 5.60. The number of nitrogens with zero attached hydrogens (tertiary/aromatic N) is 3. The van der Waals surface area contributed by atoms with Crippen LogP contribution in [0.3, 0.4) is 0 Å². The highest BCUT2D eigenvalue weighted by Gasteiger charge is 2.29. The summed E-state index contributed by atoms with van der Waals surface area (Å²) >= 11 is 3.31. The maximum absolute atomic E-state index is 12.4. The van der Waals surface area contributed by atoms with Crippen molar-refractivity contribution in [2.75, 3.05) is 5.33 Å². The topological polar surface area (TPSA) is 30.7 Å². The van der Waals surface area contributed by atoms with Crippen LogP contribution in [0.25, 0.3) is 0 Å². The molecule has 0 aliphatic carbocycles. The normalized spacial score (nSPS) is 11.8. The van der Waals surface area contributed by atoms with E-state index < -0.39 is 11.7 Å². The summed E-state index contributed by atoms with van der Waals surface area (Å²) in [6.45, 7) is 0.410. The van der Waals surface area contributed by atoms with Gasteiger partial charge in [-0.15, -0.1) is 5.10 Å². The molecule has 1 heterocycles. The molecule has 0 atom stereocenters. The quantitative estimate of drug-likeness (QED) is 0.804. The van der Waals surface area contributed by atoms with Crippen molar-refractivity contribution in [2.24, 2.45) is 0 Å². The van der Waals surface area contributed by atoms with Crippen molar-refractivity contribution >= 4 is 15.9 Å². The van der Waals surface area contributed by atoms with Gasteiger partial charge in [0.15, 0.2) is 0 Å². The lowest BCUT2D eigenvalue weighted by atomic mass is 10.1. The zero-order valence-electron chi connectivity index (χ0n) is 9.86. The molecular weight excluding hydrogens is 323 g/mol. The van der Waals surface area contributed by atoms with Gasteiger partial charge in [0.25, 0.3) is 0 Å². The Labute approximate surface area is 116 Å². The second-order valence-corrected chi connectivity index (χ2v) is 4.83. The zero-order chi connectivity index (χ0) is 13.9. The predicted molar refractivity (Wildman–Crippen MR) is 68.1 cm³/mol. The Morgan fingerprint density at radius 2 is 1.84 bits per heavy atom. The molecule has 19 heavy (non-hydrogen) atoms. The maximum Gasteiger partial charge on any atom is 0.416 e. The summed E-state index contributed by atoms with van der Waals surface area (Å²) in [6.07, 6.45) is -1.74. The highest BCUT2D eigenvalue weighted by atomic mass is 79.9. The molecule has 0 spiro atoms. The van der Waals surface area contributed by atoms with Crippen LogP contribution in [0.2, 0.25) is 0 Å².